The van der Waals surface area contributed by atoms with Crippen molar-refractivity contribution in [3.05, 3.63) is 35.4 Å². The average Bonchev–Trinajstić information content (AvgIpc) is 2.77. The molecule has 1 aromatic rings. The molecule has 0 aromatic heterocycles. The lowest BCUT2D eigenvalue weighted by atomic mass is 10.0. The third-order valence-electron chi connectivity index (χ3n) is 3.97. The molecule has 2 fully saturated rings. The smallest absolute Gasteiger partial charge is 0.417 e. The topological polar surface area (TPSA) is 66.9 Å². The van der Waals surface area contributed by atoms with Crippen LogP contribution in [0.15, 0.2) is 24.3 Å². The van der Waals surface area contributed by atoms with E-state index < -0.39 is 29.8 Å². The van der Waals surface area contributed by atoms with Crippen LogP contribution in [0.3, 0.4) is 0 Å². The highest BCUT2D eigenvalue weighted by atomic mass is 19.4. The number of cyclic esters (lactones) is 1. The van der Waals surface area contributed by atoms with Crippen LogP contribution in [-0.4, -0.2) is 53.4 Å². The summed E-state index contributed by atoms with van der Waals surface area (Å²) >= 11 is 0. The number of ether oxygens (including phenoxy) is 1. The summed E-state index contributed by atoms with van der Waals surface area (Å²) in [5.41, 5.74) is -0.547. The maximum Gasteiger partial charge on any atom is 0.417 e. The summed E-state index contributed by atoms with van der Waals surface area (Å²) in [6.07, 6.45) is -5.36. The second kappa shape index (κ2) is 5.81. The van der Waals surface area contributed by atoms with Crippen LogP contribution in [0.1, 0.15) is 11.1 Å². The molecule has 0 saturated carbocycles. The number of hydrogen-bond acceptors (Lipinski definition) is 4. The lowest BCUT2D eigenvalue weighted by Crippen LogP contribution is -2.62. The number of hydrogen-bond donors (Lipinski definition) is 0. The molecule has 0 N–H and O–H groups in total. The minimum Gasteiger partial charge on any atom is -0.439 e. The molecule has 24 heavy (non-hydrogen) atoms. The summed E-state index contributed by atoms with van der Waals surface area (Å²) in [5.74, 6) is -0.805. The predicted octanol–water partition coefficient (Wildman–Crippen LogP) is 1.44. The molecule has 9 heteroatoms. The van der Waals surface area contributed by atoms with Crippen LogP contribution in [0.4, 0.5) is 18.0 Å². The first-order chi connectivity index (χ1) is 11.3. The summed E-state index contributed by atoms with van der Waals surface area (Å²) in [4.78, 5) is 37.4. The van der Waals surface area contributed by atoms with Crippen molar-refractivity contribution in [1.82, 2.24) is 9.80 Å². The number of carbonyl (C=O) groups excluding carboxylic acids is 3. The average molecular weight is 342 g/mol. The standard InChI is InChI=1S/C15H13F3N2O4/c16-15(17,18)10-3-1-2-9(4-10)5-12(21)19-6-11(7-19)20-13(22)8-24-14(20)23/h1-4,11H,5-8H2. The van der Waals surface area contributed by atoms with Gasteiger partial charge in [0.2, 0.25) is 5.91 Å². The van der Waals surface area contributed by atoms with E-state index >= 15 is 0 Å². The number of amides is 3. The Labute approximate surface area is 134 Å². The van der Waals surface area contributed by atoms with Crippen LogP contribution in [0.5, 0.6) is 0 Å². The van der Waals surface area contributed by atoms with E-state index in [4.69, 9.17) is 0 Å². The number of alkyl halides is 3. The molecular formula is C15H13F3N2O4. The van der Waals surface area contributed by atoms with Crippen molar-refractivity contribution in [2.24, 2.45) is 0 Å². The Morgan fingerprint density at radius 1 is 1.25 bits per heavy atom. The zero-order chi connectivity index (χ0) is 17.5. The number of likely N-dealkylation sites (tertiary alicyclic amines) is 1. The van der Waals surface area contributed by atoms with Crippen molar-refractivity contribution in [2.45, 2.75) is 18.6 Å². The SMILES string of the molecule is O=C(Cc1cccc(C(F)(F)F)c1)N1CC(N2C(=O)COC2=O)C1. The highest BCUT2D eigenvalue weighted by Crippen LogP contribution is 2.30. The van der Waals surface area contributed by atoms with E-state index in [1.54, 1.807) is 0 Å². The van der Waals surface area contributed by atoms with Crippen molar-refractivity contribution in [3.63, 3.8) is 0 Å². The first kappa shape index (κ1) is 16.3. The summed E-state index contributed by atoms with van der Waals surface area (Å²) in [7, 11) is 0. The van der Waals surface area contributed by atoms with Gasteiger partial charge in [-0.1, -0.05) is 18.2 Å². The van der Waals surface area contributed by atoms with E-state index in [1.807, 2.05) is 0 Å². The molecule has 0 aliphatic carbocycles. The fraction of sp³-hybridized carbons (Fsp3) is 0.400. The Hall–Kier alpha value is -2.58. The van der Waals surface area contributed by atoms with E-state index in [2.05, 4.69) is 4.74 Å². The van der Waals surface area contributed by atoms with Crippen molar-refractivity contribution in [2.75, 3.05) is 19.7 Å². The van der Waals surface area contributed by atoms with E-state index in [9.17, 15) is 27.6 Å². The molecule has 1 aromatic carbocycles. The monoisotopic (exact) mass is 342 g/mol. The molecule has 2 heterocycles. The number of rotatable bonds is 3. The van der Waals surface area contributed by atoms with Gasteiger partial charge < -0.3 is 9.64 Å². The van der Waals surface area contributed by atoms with Crippen molar-refractivity contribution in [3.8, 4) is 0 Å². The highest BCUT2D eigenvalue weighted by molar-refractivity contribution is 5.98. The van der Waals surface area contributed by atoms with E-state index in [0.717, 1.165) is 17.0 Å². The van der Waals surface area contributed by atoms with Crippen LogP contribution < -0.4 is 0 Å². The Bertz CT molecular complexity index is 682. The lowest BCUT2D eigenvalue weighted by Gasteiger charge is -2.42. The molecule has 3 amide bonds. The minimum absolute atomic E-state index is 0.165. The first-order valence-corrected chi connectivity index (χ1v) is 7.18. The zero-order valence-electron chi connectivity index (χ0n) is 12.4. The Morgan fingerprint density at radius 3 is 2.54 bits per heavy atom. The van der Waals surface area contributed by atoms with E-state index in [0.29, 0.717) is 0 Å². The zero-order valence-corrected chi connectivity index (χ0v) is 12.4. The second-order valence-corrected chi connectivity index (χ2v) is 5.65. The van der Waals surface area contributed by atoms with Gasteiger partial charge in [-0.05, 0) is 11.6 Å². The van der Waals surface area contributed by atoms with Crippen LogP contribution in [0.25, 0.3) is 0 Å². The summed E-state index contributed by atoms with van der Waals surface area (Å²) < 4.78 is 42.6. The summed E-state index contributed by atoms with van der Waals surface area (Å²) in [6.45, 7) is 0.0325. The largest absolute Gasteiger partial charge is 0.439 e. The van der Waals surface area contributed by atoms with Gasteiger partial charge in [0.1, 0.15) is 0 Å². The highest BCUT2D eigenvalue weighted by Gasteiger charge is 2.44. The van der Waals surface area contributed by atoms with Gasteiger partial charge in [0.05, 0.1) is 18.0 Å². The molecule has 3 rings (SSSR count). The number of imide groups is 1. The molecular weight excluding hydrogens is 329 g/mol. The van der Waals surface area contributed by atoms with Gasteiger partial charge in [-0.2, -0.15) is 13.2 Å². The number of halogens is 3. The van der Waals surface area contributed by atoms with E-state index in [1.165, 1.54) is 17.0 Å². The summed E-state index contributed by atoms with van der Waals surface area (Å²) in [6, 6.07) is 4.15. The van der Waals surface area contributed by atoms with Gasteiger partial charge in [-0.15, -0.1) is 0 Å². The maximum absolute atomic E-state index is 12.7. The molecule has 0 unspecified atom stereocenters. The molecule has 0 atom stereocenters. The first-order valence-electron chi connectivity index (χ1n) is 7.18. The Balaban J connectivity index is 1.58. The molecule has 2 aliphatic heterocycles. The molecule has 2 aliphatic rings. The fourth-order valence-corrected chi connectivity index (χ4v) is 2.68. The molecule has 0 bridgehead atoms. The Kier molecular flexibility index (Phi) is 3.94. The molecule has 128 valence electrons. The molecule has 0 radical (unpaired) electrons. The second-order valence-electron chi connectivity index (χ2n) is 5.65. The summed E-state index contributed by atoms with van der Waals surface area (Å²) in [5, 5.41) is 0. The quantitative estimate of drug-likeness (QED) is 0.834. The van der Waals surface area contributed by atoms with Crippen molar-refractivity contribution in [1.29, 1.82) is 0 Å². The van der Waals surface area contributed by atoms with Gasteiger partial charge >= 0.3 is 12.3 Å². The van der Waals surface area contributed by atoms with Crippen LogP contribution >= 0.6 is 0 Å². The van der Waals surface area contributed by atoms with Crippen LogP contribution in [0, 0.1) is 0 Å². The van der Waals surface area contributed by atoms with Gasteiger partial charge in [-0.25, -0.2) is 9.69 Å². The van der Waals surface area contributed by atoms with Gasteiger partial charge in [0, 0.05) is 13.1 Å². The van der Waals surface area contributed by atoms with E-state index in [-0.39, 0.29) is 37.6 Å². The normalized spacial score (nSPS) is 18.6. The molecule has 6 nitrogen and oxygen atoms in total. The number of carbonyl (C=O) groups is 3. The lowest BCUT2D eigenvalue weighted by molar-refractivity contribution is -0.141. The predicted molar refractivity (Wildman–Crippen MR) is 73.7 cm³/mol. The number of benzene rings is 1. The molecule has 2 saturated heterocycles. The van der Waals surface area contributed by atoms with Crippen molar-refractivity contribution >= 4 is 17.9 Å². The van der Waals surface area contributed by atoms with Gasteiger partial charge in [-0.3, -0.25) is 9.59 Å². The molecule has 0 spiro atoms. The third-order valence-corrected chi connectivity index (χ3v) is 3.97. The third kappa shape index (κ3) is 3.06. The fourth-order valence-electron chi connectivity index (χ4n) is 2.68. The van der Waals surface area contributed by atoms with Gasteiger partial charge in [0.15, 0.2) is 6.61 Å². The van der Waals surface area contributed by atoms with Crippen LogP contribution in [0.2, 0.25) is 0 Å². The van der Waals surface area contributed by atoms with Crippen LogP contribution in [-0.2, 0) is 26.9 Å². The Morgan fingerprint density at radius 2 is 1.96 bits per heavy atom. The maximum atomic E-state index is 12.7. The minimum atomic E-state index is -4.46. The van der Waals surface area contributed by atoms with Gasteiger partial charge in [0.25, 0.3) is 5.91 Å². The van der Waals surface area contributed by atoms with Crippen molar-refractivity contribution < 1.29 is 32.3 Å². The number of nitrogens with zero attached hydrogens (tertiary/aromatic N) is 2.